The molecule has 12 heteroatoms. The quantitative estimate of drug-likeness (QED) is 0.694. The van der Waals surface area contributed by atoms with Crippen LogP contribution in [0, 0.1) is 5.82 Å². The molecule has 1 aromatic heterocycles. The lowest BCUT2D eigenvalue weighted by Crippen LogP contribution is -2.36. The molecule has 1 atom stereocenters. The van der Waals surface area contributed by atoms with Gasteiger partial charge >= 0.3 is 6.09 Å². The topological polar surface area (TPSA) is 107 Å². The molecule has 3 aliphatic heterocycles. The van der Waals surface area contributed by atoms with Gasteiger partial charge in [-0.2, -0.15) is 4.80 Å². The molecular formula is C18H20FN9O2+. The van der Waals surface area contributed by atoms with Gasteiger partial charge in [0.2, 0.25) is 0 Å². The Hall–Kier alpha value is -3.41. The zero-order valence-corrected chi connectivity index (χ0v) is 16.1. The molecule has 1 aromatic carbocycles. The average Bonchev–Trinajstić information content (AvgIpc) is 3.51. The lowest BCUT2D eigenvalue weighted by molar-refractivity contribution is 0.134. The lowest BCUT2D eigenvalue weighted by Gasteiger charge is -2.33. The highest BCUT2D eigenvalue weighted by Gasteiger charge is 2.37. The van der Waals surface area contributed by atoms with Crippen LogP contribution in [0.3, 0.4) is 0 Å². The van der Waals surface area contributed by atoms with Crippen LogP contribution in [0.4, 0.5) is 20.6 Å². The molecule has 5 rings (SSSR count). The van der Waals surface area contributed by atoms with Crippen molar-refractivity contribution >= 4 is 17.5 Å². The van der Waals surface area contributed by atoms with Crippen LogP contribution in [0.25, 0.3) is 0 Å². The van der Waals surface area contributed by atoms with E-state index >= 15 is 0 Å². The molecule has 2 saturated heterocycles. The molecule has 3 aliphatic rings. The van der Waals surface area contributed by atoms with E-state index in [1.807, 2.05) is 4.90 Å². The molecule has 11 nitrogen and oxygen atoms in total. The van der Waals surface area contributed by atoms with Gasteiger partial charge in [-0.15, -0.1) is 10.2 Å². The third kappa shape index (κ3) is 3.61. The van der Waals surface area contributed by atoms with E-state index in [0.717, 1.165) is 12.8 Å². The monoisotopic (exact) mass is 413 g/mol. The molecule has 1 radical (unpaired) electrons. The average molecular weight is 413 g/mol. The summed E-state index contributed by atoms with van der Waals surface area (Å²) in [5.41, 5.74) is 1.000. The fourth-order valence-electron chi connectivity index (χ4n) is 3.97. The number of rotatable bonds is 5. The lowest BCUT2D eigenvalue weighted by atomic mass is 10.0. The molecule has 4 heterocycles. The highest BCUT2D eigenvalue weighted by molar-refractivity contribution is 5.90. The van der Waals surface area contributed by atoms with Gasteiger partial charge < -0.3 is 9.64 Å². The fraction of sp³-hybridized carbons (Fsp3) is 0.444. The van der Waals surface area contributed by atoms with Gasteiger partial charge in [-0.1, -0.05) is 5.11 Å². The normalized spacial score (nSPS) is 22.3. The first-order chi connectivity index (χ1) is 14.7. The number of piperidine rings is 1. The molecule has 1 amide bonds. The highest BCUT2D eigenvalue weighted by atomic mass is 19.1. The molecular weight excluding hydrogens is 393 g/mol. The number of carbonyl (C=O) groups is 1. The number of tetrazole rings is 1. The Kier molecular flexibility index (Phi) is 4.83. The van der Waals surface area contributed by atoms with Crippen LogP contribution in [0.2, 0.25) is 0 Å². The smallest absolute Gasteiger partial charge is 0.414 e. The first-order valence-corrected chi connectivity index (χ1v) is 9.76. The molecule has 2 aromatic rings. The van der Waals surface area contributed by atoms with Gasteiger partial charge in [-0.25, -0.2) is 9.18 Å². The van der Waals surface area contributed by atoms with E-state index < -0.39 is 6.09 Å². The van der Waals surface area contributed by atoms with E-state index in [2.05, 4.69) is 25.7 Å². The molecule has 2 fully saturated rings. The van der Waals surface area contributed by atoms with Gasteiger partial charge in [0.25, 0.3) is 0 Å². The predicted octanol–water partition coefficient (Wildman–Crippen LogP) is 1.97. The summed E-state index contributed by atoms with van der Waals surface area (Å²) in [6, 6.07) is 5.03. The van der Waals surface area contributed by atoms with Crippen LogP contribution in [0.15, 0.2) is 47.3 Å². The summed E-state index contributed by atoms with van der Waals surface area (Å²) in [4.78, 5) is 17.3. The summed E-state index contributed by atoms with van der Waals surface area (Å²) in [5.74, 6) is -0.364. The molecule has 0 saturated carbocycles. The van der Waals surface area contributed by atoms with Crippen LogP contribution >= 0.6 is 0 Å². The number of halogens is 1. The Morgan fingerprint density at radius 1 is 1.27 bits per heavy atom. The van der Waals surface area contributed by atoms with Gasteiger partial charge in [0, 0.05) is 18.1 Å². The second kappa shape index (κ2) is 7.78. The summed E-state index contributed by atoms with van der Waals surface area (Å²) in [6.07, 6.45) is 5.44. The number of aromatic nitrogens is 4. The van der Waals surface area contributed by atoms with Gasteiger partial charge in [0.1, 0.15) is 12.0 Å². The van der Waals surface area contributed by atoms with Crippen LogP contribution in [0.1, 0.15) is 18.9 Å². The standard InChI is InChI=1S/C18H20FN9O2/c19-16-9-14(27-11-15(30-18(27)29)10-26-8-5-20-23-26)1-2-17(16)25-6-3-13(4-7-25)28-22-12-21-24-28/h1-2,5,8-9,12-13,15H,3-4,6-7,10-11H2/q+1/t15-/m1/s1. The number of hydrogen-bond donors (Lipinski definition) is 0. The Morgan fingerprint density at radius 3 is 2.83 bits per heavy atom. The minimum absolute atomic E-state index is 0.173. The van der Waals surface area contributed by atoms with E-state index in [1.54, 1.807) is 34.3 Å². The number of anilines is 2. The van der Waals surface area contributed by atoms with E-state index in [9.17, 15) is 9.18 Å². The van der Waals surface area contributed by atoms with E-state index in [-0.39, 0.29) is 18.0 Å². The number of nitrogens with zero attached hydrogens (tertiary/aromatic N) is 9. The fourth-order valence-corrected chi connectivity index (χ4v) is 3.97. The van der Waals surface area contributed by atoms with Gasteiger partial charge in [-0.3, -0.25) is 4.90 Å². The number of benzene rings is 1. The van der Waals surface area contributed by atoms with Crippen molar-refractivity contribution in [3.05, 3.63) is 42.7 Å². The van der Waals surface area contributed by atoms with Crippen LogP contribution < -0.4 is 14.8 Å². The van der Waals surface area contributed by atoms with E-state index in [1.165, 1.54) is 17.3 Å². The molecule has 0 aliphatic carbocycles. The summed E-state index contributed by atoms with van der Waals surface area (Å²) >= 11 is 0. The minimum Gasteiger partial charge on any atom is -0.438 e. The van der Waals surface area contributed by atoms with Gasteiger partial charge in [0.15, 0.2) is 25.2 Å². The molecule has 30 heavy (non-hydrogen) atoms. The maximum absolute atomic E-state index is 14.9. The third-order valence-electron chi connectivity index (χ3n) is 5.48. The van der Waals surface area contributed by atoms with Crippen molar-refractivity contribution in [2.24, 2.45) is 10.3 Å². The second-order valence-corrected chi connectivity index (χ2v) is 7.35. The molecule has 0 N–H and O–H groups in total. The Bertz CT molecular complexity index is 960. The molecule has 0 bridgehead atoms. The van der Waals surface area contributed by atoms with Crippen LogP contribution in [0.5, 0.6) is 0 Å². The zero-order chi connectivity index (χ0) is 20.5. The Labute approximate surface area is 171 Å². The first-order valence-electron chi connectivity index (χ1n) is 9.76. The number of carbonyl (C=O) groups excluding carboxylic acids is 1. The third-order valence-corrected chi connectivity index (χ3v) is 5.48. The van der Waals surface area contributed by atoms with Gasteiger partial charge in [-0.05, 0) is 36.3 Å². The van der Waals surface area contributed by atoms with E-state index in [4.69, 9.17) is 4.74 Å². The molecule has 0 unspecified atom stereocenters. The first kappa shape index (κ1) is 18.6. The van der Waals surface area contributed by atoms with Crippen molar-refractivity contribution in [3.8, 4) is 0 Å². The highest BCUT2D eigenvalue weighted by Crippen LogP contribution is 2.31. The van der Waals surface area contributed by atoms with Crippen LogP contribution in [-0.2, 0) is 4.74 Å². The number of hydrogen-bond acceptors (Lipinski definition) is 9. The minimum atomic E-state index is -0.492. The number of ether oxygens (including phenoxy) is 1. The van der Waals surface area contributed by atoms with Crippen molar-refractivity contribution in [2.75, 3.05) is 36.0 Å². The number of cyclic esters (lactones) is 1. The Morgan fingerprint density at radius 2 is 2.13 bits per heavy atom. The largest absolute Gasteiger partial charge is 0.438 e. The maximum Gasteiger partial charge on any atom is 0.414 e. The predicted molar refractivity (Wildman–Crippen MR) is 103 cm³/mol. The van der Waals surface area contributed by atoms with Gasteiger partial charge in [0.05, 0.1) is 29.2 Å². The Balaban J connectivity index is 1.23. The van der Waals surface area contributed by atoms with Crippen molar-refractivity contribution < 1.29 is 13.9 Å². The second-order valence-electron chi connectivity index (χ2n) is 7.35. The zero-order valence-electron chi connectivity index (χ0n) is 16.1. The van der Waals surface area contributed by atoms with Crippen molar-refractivity contribution in [1.29, 1.82) is 0 Å². The van der Waals surface area contributed by atoms with Crippen molar-refractivity contribution in [2.45, 2.75) is 25.0 Å². The summed E-state index contributed by atoms with van der Waals surface area (Å²) in [7, 11) is 0. The molecule has 155 valence electrons. The molecule has 0 spiro atoms. The van der Waals surface area contributed by atoms with Crippen molar-refractivity contribution in [3.63, 3.8) is 0 Å². The maximum atomic E-state index is 14.9. The summed E-state index contributed by atoms with van der Waals surface area (Å²) in [5, 5.41) is 21.0. The number of amides is 1. The van der Waals surface area contributed by atoms with E-state index in [0.29, 0.717) is 37.6 Å². The summed E-state index contributed by atoms with van der Waals surface area (Å²) < 4.78 is 20.3. The van der Waals surface area contributed by atoms with Crippen molar-refractivity contribution in [1.82, 2.24) is 25.2 Å². The SMILES string of the molecule is O=C1O[C@H](C[N+]2C=CN=N2)CN1c1ccc(N2CCC(n3ncnn3)CC2)c(F)c1. The summed E-state index contributed by atoms with van der Waals surface area (Å²) in [6.45, 7) is 2.11. The van der Waals surface area contributed by atoms with Crippen LogP contribution in [-0.4, -0.2) is 58.6 Å².